The van der Waals surface area contributed by atoms with Crippen molar-refractivity contribution >= 4 is 17.3 Å². The van der Waals surface area contributed by atoms with Gasteiger partial charge in [0.2, 0.25) is 5.90 Å². The van der Waals surface area contributed by atoms with Crippen LogP contribution in [-0.4, -0.2) is 28.4 Å². The lowest BCUT2D eigenvalue weighted by molar-refractivity contribution is -0.394. The highest BCUT2D eigenvalue weighted by atomic mass is 16.6. The fourth-order valence-corrected chi connectivity index (χ4v) is 1.56. The second-order valence-corrected chi connectivity index (χ2v) is 3.85. The van der Waals surface area contributed by atoms with E-state index in [0.29, 0.717) is 6.61 Å². The maximum absolute atomic E-state index is 10.7. The lowest BCUT2D eigenvalue weighted by atomic mass is 10.1. The molecule has 0 saturated carbocycles. The fourth-order valence-electron chi connectivity index (χ4n) is 1.56. The van der Waals surface area contributed by atoms with Crippen LogP contribution in [0.4, 0.5) is 11.4 Å². The second-order valence-electron chi connectivity index (χ2n) is 3.85. The van der Waals surface area contributed by atoms with Crippen molar-refractivity contribution in [2.75, 3.05) is 6.61 Å². The van der Waals surface area contributed by atoms with Crippen LogP contribution in [0.3, 0.4) is 0 Å². The molecule has 8 nitrogen and oxygen atoms in total. The summed E-state index contributed by atoms with van der Waals surface area (Å²) in [7, 11) is 0. The predicted octanol–water partition coefficient (Wildman–Crippen LogP) is 1.67. The fraction of sp³-hybridized carbons (Fsp3) is 0.300. The van der Waals surface area contributed by atoms with Crippen molar-refractivity contribution in [3.05, 3.63) is 44.0 Å². The van der Waals surface area contributed by atoms with Crippen LogP contribution in [0.25, 0.3) is 0 Å². The van der Waals surface area contributed by atoms with Gasteiger partial charge in [-0.05, 0) is 6.92 Å². The van der Waals surface area contributed by atoms with Crippen molar-refractivity contribution in [2.45, 2.75) is 13.0 Å². The molecule has 0 amide bonds. The first-order valence-corrected chi connectivity index (χ1v) is 5.12. The Kier molecular flexibility index (Phi) is 2.92. The number of hydrogen-bond acceptors (Lipinski definition) is 6. The summed E-state index contributed by atoms with van der Waals surface area (Å²) in [6.45, 7) is 2.19. The number of aliphatic imine (C=N–C) groups is 1. The molecule has 0 spiro atoms. The minimum Gasteiger partial charge on any atom is -0.475 e. The SMILES string of the molecule is CC1COC(c2cc([N+](=O)[O-])cc([N+](=O)[O-])c2)=N1. The van der Waals surface area contributed by atoms with Gasteiger partial charge >= 0.3 is 0 Å². The number of non-ortho nitro benzene ring substituents is 2. The average molecular weight is 251 g/mol. The minimum absolute atomic E-state index is 0.0571. The van der Waals surface area contributed by atoms with E-state index in [4.69, 9.17) is 4.74 Å². The van der Waals surface area contributed by atoms with Crippen molar-refractivity contribution in [3.63, 3.8) is 0 Å². The zero-order valence-electron chi connectivity index (χ0n) is 9.40. The van der Waals surface area contributed by atoms with Gasteiger partial charge in [0, 0.05) is 17.7 Å². The molecule has 8 heteroatoms. The van der Waals surface area contributed by atoms with E-state index in [1.54, 1.807) is 0 Å². The molecule has 2 rings (SSSR count). The molecule has 1 aliphatic rings. The second kappa shape index (κ2) is 4.40. The predicted molar refractivity (Wildman–Crippen MR) is 61.7 cm³/mol. The monoisotopic (exact) mass is 251 g/mol. The van der Waals surface area contributed by atoms with Gasteiger partial charge in [0.05, 0.1) is 22.0 Å². The number of nitro groups is 2. The van der Waals surface area contributed by atoms with E-state index < -0.39 is 9.85 Å². The molecular formula is C10H9N3O5. The normalized spacial score (nSPS) is 18.1. The first-order valence-electron chi connectivity index (χ1n) is 5.12. The van der Waals surface area contributed by atoms with Gasteiger partial charge in [-0.15, -0.1) is 0 Å². The van der Waals surface area contributed by atoms with Gasteiger partial charge in [-0.3, -0.25) is 20.2 Å². The number of nitrogens with zero attached hydrogens (tertiary/aromatic N) is 3. The number of hydrogen-bond donors (Lipinski definition) is 0. The molecular weight excluding hydrogens is 242 g/mol. The first kappa shape index (κ1) is 12.0. The molecule has 1 aromatic carbocycles. The molecule has 18 heavy (non-hydrogen) atoms. The third-order valence-corrected chi connectivity index (χ3v) is 2.37. The lowest BCUT2D eigenvalue weighted by Gasteiger charge is -2.01. The number of nitro benzene ring substituents is 2. The molecule has 0 aromatic heterocycles. The van der Waals surface area contributed by atoms with Crippen LogP contribution >= 0.6 is 0 Å². The summed E-state index contributed by atoms with van der Waals surface area (Å²) < 4.78 is 5.23. The van der Waals surface area contributed by atoms with E-state index in [1.807, 2.05) is 6.92 Å². The topological polar surface area (TPSA) is 108 Å². The van der Waals surface area contributed by atoms with Gasteiger partial charge in [-0.2, -0.15) is 0 Å². The third kappa shape index (κ3) is 2.26. The van der Waals surface area contributed by atoms with Crippen molar-refractivity contribution < 1.29 is 14.6 Å². The van der Waals surface area contributed by atoms with Gasteiger partial charge in [0.1, 0.15) is 6.61 Å². The lowest BCUT2D eigenvalue weighted by Crippen LogP contribution is -2.04. The smallest absolute Gasteiger partial charge is 0.277 e. The van der Waals surface area contributed by atoms with Crippen LogP contribution < -0.4 is 0 Å². The molecule has 0 fully saturated rings. The highest BCUT2D eigenvalue weighted by molar-refractivity contribution is 5.96. The van der Waals surface area contributed by atoms with Gasteiger partial charge in [-0.1, -0.05) is 0 Å². The zero-order chi connectivity index (χ0) is 13.3. The first-order chi connectivity index (χ1) is 8.47. The van der Waals surface area contributed by atoms with E-state index in [-0.39, 0.29) is 28.9 Å². The number of rotatable bonds is 3. The summed E-state index contributed by atoms with van der Waals surface area (Å²) >= 11 is 0. The van der Waals surface area contributed by atoms with Crippen LogP contribution in [-0.2, 0) is 4.74 Å². The van der Waals surface area contributed by atoms with Crippen LogP contribution in [0.1, 0.15) is 12.5 Å². The standard InChI is InChI=1S/C10H9N3O5/c1-6-5-18-10(11-6)7-2-8(12(14)15)4-9(3-7)13(16)17/h2-4,6H,5H2,1H3. The molecule has 0 aliphatic carbocycles. The largest absolute Gasteiger partial charge is 0.475 e. The zero-order valence-corrected chi connectivity index (χ0v) is 9.40. The van der Waals surface area contributed by atoms with E-state index >= 15 is 0 Å². The van der Waals surface area contributed by atoms with Crippen molar-refractivity contribution in [3.8, 4) is 0 Å². The molecule has 0 saturated heterocycles. The maximum Gasteiger partial charge on any atom is 0.277 e. The Hall–Kier alpha value is -2.51. The van der Waals surface area contributed by atoms with Gasteiger partial charge in [-0.25, -0.2) is 4.99 Å². The van der Waals surface area contributed by atoms with E-state index in [9.17, 15) is 20.2 Å². The Morgan fingerprint density at radius 3 is 2.17 bits per heavy atom. The molecule has 94 valence electrons. The van der Waals surface area contributed by atoms with Crippen LogP contribution in [0.15, 0.2) is 23.2 Å². The average Bonchev–Trinajstić information content (AvgIpc) is 2.75. The highest BCUT2D eigenvalue weighted by Crippen LogP contribution is 2.24. The van der Waals surface area contributed by atoms with E-state index in [1.165, 1.54) is 12.1 Å². The van der Waals surface area contributed by atoms with Gasteiger partial charge in [0.25, 0.3) is 11.4 Å². The number of ether oxygens (including phenoxy) is 1. The summed E-state index contributed by atoms with van der Waals surface area (Å²) in [4.78, 5) is 24.2. The summed E-state index contributed by atoms with van der Waals surface area (Å²) in [5.41, 5.74) is -0.463. The molecule has 0 radical (unpaired) electrons. The Morgan fingerprint density at radius 1 is 1.22 bits per heavy atom. The molecule has 1 aliphatic heterocycles. The Balaban J connectivity index is 2.50. The molecule has 1 heterocycles. The van der Waals surface area contributed by atoms with Crippen molar-refractivity contribution in [1.29, 1.82) is 0 Å². The Morgan fingerprint density at radius 2 is 1.78 bits per heavy atom. The van der Waals surface area contributed by atoms with Gasteiger partial charge in [0.15, 0.2) is 0 Å². The van der Waals surface area contributed by atoms with Crippen molar-refractivity contribution in [2.24, 2.45) is 4.99 Å². The molecule has 0 bridgehead atoms. The van der Waals surface area contributed by atoms with Crippen LogP contribution in [0.5, 0.6) is 0 Å². The van der Waals surface area contributed by atoms with Crippen LogP contribution in [0.2, 0.25) is 0 Å². The van der Waals surface area contributed by atoms with Gasteiger partial charge < -0.3 is 4.74 Å². The summed E-state index contributed by atoms with van der Waals surface area (Å²) in [5, 5.41) is 21.4. The molecule has 0 N–H and O–H groups in total. The Bertz CT molecular complexity index is 522. The third-order valence-electron chi connectivity index (χ3n) is 2.37. The quantitative estimate of drug-likeness (QED) is 0.599. The maximum atomic E-state index is 10.7. The summed E-state index contributed by atoms with van der Waals surface area (Å²) in [6.07, 6.45) is 0. The van der Waals surface area contributed by atoms with Crippen molar-refractivity contribution in [1.82, 2.24) is 0 Å². The summed E-state index contributed by atoms with van der Waals surface area (Å²) in [5.74, 6) is 0.203. The molecule has 1 aromatic rings. The Labute approximate surface area is 101 Å². The minimum atomic E-state index is -0.685. The van der Waals surface area contributed by atoms with E-state index in [2.05, 4.69) is 4.99 Å². The van der Waals surface area contributed by atoms with E-state index in [0.717, 1.165) is 6.07 Å². The molecule has 1 atom stereocenters. The summed E-state index contributed by atoms with van der Waals surface area (Å²) in [6, 6.07) is 3.27. The molecule has 1 unspecified atom stereocenters. The number of benzene rings is 1. The highest BCUT2D eigenvalue weighted by Gasteiger charge is 2.22. The van der Waals surface area contributed by atoms with Crippen LogP contribution in [0, 0.1) is 20.2 Å².